The first kappa shape index (κ1) is 15.8. The molecule has 7 heteroatoms. The van der Waals surface area contributed by atoms with Gasteiger partial charge in [-0.1, -0.05) is 11.6 Å². The lowest BCUT2D eigenvalue weighted by Crippen LogP contribution is -2.06. The molecule has 1 heterocycles. The summed E-state index contributed by atoms with van der Waals surface area (Å²) >= 11 is 5.54. The topological polar surface area (TPSA) is 92.6 Å². The Labute approximate surface area is 132 Å². The van der Waals surface area contributed by atoms with Gasteiger partial charge in [-0.3, -0.25) is 4.98 Å². The van der Waals surface area contributed by atoms with Crippen molar-refractivity contribution in [3.05, 3.63) is 47.6 Å². The number of nitrogens with zero attached hydrogens (tertiary/aromatic N) is 1. The van der Waals surface area contributed by atoms with Crippen LogP contribution in [0.25, 0.3) is 10.9 Å². The zero-order chi connectivity index (χ0) is 16.1. The third-order valence-electron chi connectivity index (χ3n) is 2.84. The van der Waals surface area contributed by atoms with Gasteiger partial charge >= 0.3 is 0 Å². The van der Waals surface area contributed by atoms with Gasteiger partial charge in [0.2, 0.25) is 0 Å². The van der Waals surface area contributed by atoms with E-state index in [1.165, 1.54) is 12.2 Å². The first-order chi connectivity index (χ1) is 10.5. The van der Waals surface area contributed by atoms with Gasteiger partial charge in [-0.15, -0.1) is 0 Å². The number of aromatic nitrogens is 1. The fraction of sp³-hybridized carbons (Fsp3) is 0.133. The van der Waals surface area contributed by atoms with Gasteiger partial charge in [-0.05, 0) is 18.2 Å². The molecule has 0 bridgehead atoms. The Balaban J connectivity index is 2.46. The smallest absolute Gasteiger partial charge is 0.190 e. The molecule has 22 heavy (non-hydrogen) atoms. The summed E-state index contributed by atoms with van der Waals surface area (Å²) in [7, 11) is 3.12. The first-order valence-electron chi connectivity index (χ1n) is 6.32. The average molecular weight is 322 g/mol. The number of halogens is 1. The lowest BCUT2D eigenvalue weighted by molar-refractivity contribution is 0.355. The van der Waals surface area contributed by atoms with Gasteiger partial charge in [0.15, 0.2) is 17.4 Å². The molecule has 6 nitrogen and oxygen atoms in total. The van der Waals surface area contributed by atoms with Crippen molar-refractivity contribution in [1.82, 2.24) is 4.98 Å². The number of ether oxygens (including phenoxy) is 3. The summed E-state index contributed by atoms with van der Waals surface area (Å²) in [4.78, 5) is 4.28. The summed E-state index contributed by atoms with van der Waals surface area (Å²) in [6, 6.07) is 5.23. The molecule has 0 radical (unpaired) electrons. The standard InChI is InChI=1S/C15H16ClN3O3/c1-20-12-7-9-10(8-13(12)21-2)19-6-5-11(9)22-15(18)4-3-14(16)17/h3-8H,17-18H2,1-2H3/b14-3-,15-4+. The minimum atomic E-state index is 0.109. The highest BCUT2D eigenvalue weighted by Crippen LogP contribution is 2.35. The molecule has 0 aliphatic heterocycles. The van der Waals surface area contributed by atoms with E-state index in [1.54, 1.807) is 38.6 Å². The van der Waals surface area contributed by atoms with Crippen LogP contribution in [0, 0.1) is 0 Å². The molecule has 2 aromatic rings. The number of rotatable bonds is 5. The number of pyridine rings is 1. The van der Waals surface area contributed by atoms with Gasteiger partial charge in [0.1, 0.15) is 5.75 Å². The van der Waals surface area contributed by atoms with E-state index in [2.05, 4.69) is 4.98 Å². The third-order valence-corrected chi connectivity index (χ3v) is 2.97. The van der Waals surface area contributed by atoms with E-state index in [4.69, 9.17) is 37.3 Å². The van der Waals surface area contributed by atoms with E-state index in [1.807, 2.05) is 0 Å². The molecular formula is C15H16ClN3O3. The zero-order valence-electron chi connectivity index (χ0n) is 12.2. The van der Waals surface area contributed by atoms with Crippen molar-refractivity contribution in [3.8, 4) is 17.2 Å². The van der Waals surface area contributed by atoms with Crippen LogP contribution in [0.1, 0.15) is 0 Å². The van der Waals surface area contributed by atoms with Gasteiger partial charge in [0.05, 0.1) is 24.9 Å². The van der Waals surface area contributed by atoms with Crippen molar-refractivity contribution in [2.24, 2.45) is 11.5 Å². The van der Waals surface area contributed by atoms with Crippen molar-refractivity contribution in [1.29, 1.82) is 0 Å². The number of benzene rings is 1. The Kier molecular flexibility index (Phi) is 4.95. The predicted octanol–water partition coefficient (Wildman–Crippen LogP) is 2.47. The number of nitrogens with two attached hydrogens (primary N) is 2. The summed E-state index contributed by atoms with van der Waals surface area (Å²) < 4.78 is 16.1. The van der Waals surface area contributed by atoms with Gasteiger partial charge < -0.3 is 25.7 Å². The lowest BCUT2D eigenvalue weighted by Gasteiger charge is -2.12. The second-order valence-electron chi connectivity index (χ2n) is 4.26. The minimum absolute atomic E-state index is 0.109. The normalized spacial score (nSPS) is 12.3. The van der Waals surface area contributed by atoms with Gasteiger partial charge in [-0.25, -0.2) is 0 Å². The molecule has 4 N–H and O–H groups in total. The quantitative estimate of drug-likeness (QED) is 0.499. The third kappa shape index (κ3) is 3.53. The van der Waals surface area contributed by atoms with Crippen molar-refractivity contribution in [2.45, 2.75) is 0 Å². The Morgan fingerprint density at radius 1 is 1.09 bits per heavy atom. The van der Waals surface area contributed by atoms with E-state index < -0.39 is 0 Å². The molecule has 1 aromatic heterocycles. The molecule has 2 rings (SSSR count). The Bertz CT molecular complexity index is 740. The molecule has 0 amide bonds. The molecular weight excluding hydrogens is 306 g/mol. The number of methoxy groups -OCH3 is 2. The van der Waals surface area contributed by atoms with Gasteiger partial charge in [0.25, 0.3) is 0 Å². The van der Waals surface area contributed by atoms with Crippen LogP contribution >= 0.6 is 11.6 Å². The van der Waals surface area contributed by atoms with Crippen LogP contribution in [0.4, 0.5) is 0 Å². The molecule has 0 atom stereocenters. The molecule has 116 valence electrons. The fourth-order valence-corrected chi connectivity index (χ4v) is 1.92. The van der Waals surface area contributed by atoms with Crippen LogP contribution in [0.15, 0.2) is 47.6 Å². The van der Waals surface area contributed by atoms with Crippen LogP contribution < -0.4 is 25.7 Å². The highest BCUT2D eigenvalue weighted by atomic mass is 35.5. The van der Waals surface area contributed by atoms with E-state index in [0.29, 0.717) is 22.8 Å². The SMILES string of the molecule is COc1cc2nccc(O/C(N)=C/C=C(\N)Cl)c2cc1OC. The van der Waals surface area contributed by atoms with E-state index in [-0.39, 0.29) is 11.0 Å². The van der Waals surface area contributed by atoms with Crippen LogP contribution in [0.5, 0.6) is 17.2 Å². The molecule has 0 saturated carbocycles. The van der Waals surface area contributed by atoms with Crippen LogP contribution in [0.2, 0.25) is 0 Å². The van der Waals surface area contributed by atoms with Crippen molar-refractivity contribution >= 4 is 22.5 Å². The Morgan fingerprint density at radius 3 is 2.41 bits per heavy atom. The first-order valence-corrected chi connectivity index (χ1v) is 6.70. The molecule has 0 spiro atoms. The van der Waals surface area contributed by atoms with Crippen molar-refractivity contribution < 1.29 is 14.2 Å². The Hall–Kier alpha value is -2.60. The van der Waals surface area contributed by atoms with Crippen LogP contribution in [0.3, 0.4) is 0 Å². The van der Waals surface area contributed by atoms with Gasteiger partial charge in [0, 0.05) is 23.7 Å². The maximum absolute atomic E-state index is 5.78. The summed E-state index contributed by atoms with van der Waals surface area (Å²) in [5.41, 5.74) is 11.8. The predicted molar refractivity (Wildman–Crippen MR) is 85.9 cm³/mol. The maximum atomic E-state index is 5.78. The molecule has 0 aliphatic carbocycles. The summed E-state index contributed by atoms with van der Waals surface area (Å²) in [5, 5.41) is 0.844. The lowest BCUT2D eigenvalue weighted by atomic mass is 10.2. The zero-order valence-corrected chi connectivity index (χ0v) is 12.9. The Morgan fingerprint density at radius 2 is 1.77 bits per heavy atom. The highest BCUT2D eigenvalue weighted by molar-refractivity contribution is 6.29. The van der Waals surface area contributed by atoms with E-state index in [0.717, 1.165) is 5.39 Å². The van der Waals surface area contributed by atoms with E-state index in [9.17, 15) is 0 Å². The summed E-state index contributed by atoms with van der Waals surface area (Å²) in [6.45, 7) is 0. The monoisotopic (exact) mass is 321 g/mol. The molecule has 1 aromatic carbocycles. The maximum Gasteiger partial charge on any atom is 0.190 e. The second kappa shape index (κ2) is 6.91. The number of hydrogen-bond donors (Lipinski definition) is 2. The van der Waals surface area contributed by atoms with Crippen molar-refractivity contribution in [3.63, 3.8) is 0 Å². The summed E-state index contributed by atoms with van der Waals surface area (Å²) in [5.74, 6) is 1.83. The van der Waals surface area contributed by atoms with Gasteiger partial charge in [-0.2, -0.15) is 0 Å². The number of hydrogen-bond acceptors (Lipinski definition) is 6. The summed E-state index contributed by atoms with van der Waals surface area (Å²) in [6.07, 6.45) is 4.52. The number of fused-ring (bicyclic) bond motifs is 1. The molecule has 0 saturated heterocycles. The molecule has 0 aliphatic rings. The second-order valence-corrected chi connectivity index (χ2v) is 4.69. The van der Waals surface area contributed by atoms with E-state index >= 15 is 0 Å². The highest BCUT2D eigenvalue weighted by Gasteiger charge is 2.11. The number of allylic oxidation sites excluding steroid dienone is 2. The largest absolute Gasteiger partial charge is 0.493 e. The van der Waals surface area contributed by atoms with Crippen LogP contribution in [-0.2, 0) is 0 Å². The fourth-order valence-electron chi connectivity index (χ4n) is 1.86. The van der Waals surface area contributed by atoms with Crippen LogP contribution in [-0.4, -0.2) is 19.2 Å². The molecule has 0 fully saturated rings. The molecule has 0 unspecified atom stereocenters. The van der Waals surface area contributed by atoms with Crippen molar-refractivity contribution in [2.75, 3.05) is 14.2 Å². The average Bonchev–Trinajstić information content (AvgIpc) is 2.51. The minimum Gasteiger partial charge on any atom is -0.493 e.